The topological polar surface area (TPSA) is 68.3 Å². The summed E-state index contributed by atoms with van der Waals surface area (Å²) >= 11 is 13.7. The van der Waals surface area contributed by atoms with Gasteiger partial charge in [-0.1, -0.05) is 53.2 Å². The zero-order chi connectivity index (χ0) is 19.9. The van der Waals surface area contributed by atoms with Crippen LogP contribution >= 0.6 is 35.0 Å². The Morgan fingerprint density at radius 2 is 2.18 bits per heavy atom. The molecule has 1 aliphatic carbocycles. The first-order valence-electron chi connectivity index (χ1n) is 9.31. The molecule has 1 aromatic heterocycles. The molecule has 0 fully saturated rings. The second kappa shape index (κ2) is 7.69. The SMILES string of the molecule is C[C@]12N=C(N)SC[C@H]1CCCc1ccc(CC(=O)c3ncc(Cl)cc3Cl)cc12. The van der Waals surface area contributed by atoms with Crippen LogP contribution < -0.4 is 5.73 Å². The number of aryl methyl sites for hydroxylation is 1. The molecule has 0 bridgehead atoms. The van der Waals surface area contributed by atoms with Gasteiger partial charge < -0.3 is 5.73 Å². The van der Waals surface area contributed by atoms with Crippen molar-refractivity contribution in [3.63, 3.8) is 0 Å². The smallest absolute Gasteiger partial charge is 0.187 e. The number of aliphatic imine (C=N–C) groups is 1. The van der Waals surface area contributed by atoms with E-state index in [-0.39, 0.29) is 28.5 Å². The second-order valence-corrected chi connectivity index (χ2v) is 9.46. The minimum Gasteiger partial charge on any atom is -0.379 e. The van der Waals surface area contributed by atoms with Crippen LogP contribution in [0, 0.1) is 5.92 Å². The number of thioether (sulfide) groups is 1. The number of Topliss-reactive ketones (excluding diaryl/α,β-unsaturated/α-hetero) is 1. The number of hydrogen-bond acceptors (Lipinski definition) is 5. The Labute approximate surface area is 178 Å². The standard InChI is InChI=1S/C21H21Cl2N3OS/c1-21-14(11-28-20(24)26-21)4-2-3-13-6-5-12(7-16(13)21)8-18(27)19-17(23)9-15(22)10-25-19/h5-7,9-10,14H,2-4,8,11H2,1H3,(H2,24,26)/t14-,21+/m1/s1. The summed E-state index contributed by atoms with van der Waals surface area (Å²) in [5.74, 6) is 1.31. The fraction of sp³-hybridized carbons (Fsp3) is 0.381. The van der Waals surface area contributed by atoms with Crippen molar-refractivity contribution in [2.45, 2.75) is 38.1 Å². The minimum atomic E-state index is -0.337. The molecule has 2 aliphatic rings. The Balaban J connectivity index is 1.69. The number of halogens is 2. The maximum Gasteiger partial charge on any atom is 0.187 e. The van der Waals surface area contributed by atoms with Crippen LogP contribution in [0.1, 0.15) is 46.9 Å². The normalized spacial score (nSPS) is 24.0. The van der Waals surface area contributed by atoms with Gasteiger partial charge in [-0.05, 0) is 54.9 Å². The highest BCUT2D eigenvalue weighted by Gasteiger charge is 2.41. The zero-order valence-electron chi connectivity index (χ0n) is 15.5. The molecule has 0 amide bonds. The van der Waals surface area contributed by atoms with Crippen molar-refractivity contribution < 1.29 is 4.79 Å². The molecule has 146 valence electrons. The van der Waals surface area contributed by atoms with Crippen molar-refractivity contribution in [2.75, 3.05) is 5.75 Å². The number of aromatic nitrogens is 1. The number of fused-ring (bicyclic) bond motifs is 3. The van der Waals surface area contributed by atoms with Crippen LogP contribution in [0.15, 0.2) is 35.5 Å². The third-order valence-corrected chi connectivity index (χ3v) is 7.18. The van der Waals surface area contributed by atoms with E-state index in [1.807, 2.05) is 6.07 Å². The maximum absolute atomic E-state index is 12.8. The molecule has 2 N–H and O–H groups in total. The lowest BCUT2D eigenvalue weighted by Gasteiger charge is -2.37. The monoisotopic (exact) mass is 433 g/mol. The lowest BCUT2D eigenvalue weighted by Crippen LogP contribution is -2.37. The van der Waals surface area contributed by atoms with Gasteiger partial charge in [0.25, 0.3) is 0 Å². The van der Waals surface area contributed by atoms with Crippen molar-refractivity contribution in [1.29, 1.82) is 0 Å². The Hall–Kier alpha value is -1.56. The third kappa shape index (κ3) is 3.68. The molecule has 2 aromatic rings. The number of hydrogen-bond donors (Lipinski definition) is 1. The molecule has 0 radical (unpaired) electrons. The van der Waals surface area contributed by atoms with Crippen molar-refractivity contribution in [1.82, 2.24) is 4.98 Å². The predicted octanol–water partition coefficient (Wildman–Crippen LogP) is 5.04. The van der Waals surface area contributed by atoms with Gasteiger partial charge in [0.2, 0.25) is 0 Å². The molecule has 0 spiro atoms. The molecule has 2 atom stereocenters. The van der Waals surface area contributed by atoms with Gasteiger partial charge in [-0.15, -0.1) is 0 Å². The Morgan fingerprint density at radius 3 is 2.96 bits per heavy atom. The average Bonchev–Trinajstić information content (AvgIpc) is 2.77. The fourth-order valence-electron chi connectivity index (χ4n) is 4.20. The van der Waals surface area contributed by atoms with Crippen LogP contribution in [-0.4, -0.2) is 21.7 Å². The Morgan fingerprint density at radius 1 is 1.36 bits per heavy atom. The average molecular weight is 434 g/mol. The van der Waals surface area contributed by atoms with Crippen LogP contribution in [0.25, 0.3) is 0 Å². The lowest BCUT2D eigenvalue weighted by atomic mass is 9.78. The van der Waals surface area contributed by atoms with Crippen LogP contribution in [-0.2, 0) is 18.4 Å². The third-order valence-electron chi connectivity index (χ3n) is 5.72. The summed E-state index contributed by atoms with van der Waals surface area (Å²) in [6, 6.07) is 7.83. The molecule has 1 aromatic carbocycles. The number of ketones is 1. The summed E-state index contributed by atoms with van der Waals surface area (Å²) in [4.78, 5) is 21.7. The van der Waals surface area contributed by atoms with Gasteiger partial charge in [0.05, 0.1) is 15.6 Å². The number of nitrogens with two attached hydrogens (primary N) is 1. The van der Waals surface area contributed by atoms with Gasteiger partial charge in [0, 0.05) is 18.4 Å². The molecule has 1 aliphatic heterocycles. The lowest BCUT2D eigenvalue weighted by molar-refractivity contribution is 0.0988. The van der Waals surface area contributed by atoms with Crippen LogP contribution in [0.2, 0.25) is 10.0 Å². The van der Waals surface area contributed by atoms with E-state index in [1.54, 1.807) is 17.8 Å². The number of rotatable bonds is 3. The summed E-state index contributed by atoms with van der Waals surface area (Å²) in [5.41, 5.74) is 9.43. The molecule has 4 rings (SSSR count). The second-order valence-electron chi connectivity index (χ2n) is 7.57. The van der Waals surface area contributed by atoms with Gasteiger partial charge in [-0.2, -0.15) is 0 Å². The van der Waals surface area contributed by atoms with Crippen molar-refractivity contribution in [2.24, 2.45) is 16.6 Å². The quantitative estimate of drug-likeness (QED) is 0.687. The molecule has 28 heavy (non-hydrogen) atoms. The highest BCUT2D eigenvalue weighted by atomic mass is 35.5. The number of amidine groups is 1. The molecule has 7 heteroatoms. The van der Waals surface area contributed by atoms with E-state index >= 15 is 0 Å². The first-order chi connectivity index (χ1) is 13.4. The fourth-order valence-corrected chi connectivity index (χ4v) is 5.80. The van der Waals surface area contributed by atoms with E-state index in [4.69, 9.17) is 33.9 Å². The Kier molecular flexibility index (Phi) is 5.43. The zero-order valence-corrected chi connectivity index (χ0v) is 17.9. The van der Waals surface area contributed by atoms with E-state index in [9.17, 15) is 4.79 Å². The van der Waals surface area contributed by atoms with Gasteiger partial charge in [-0.3, -0.25) is 9.79 Å². The van der Waals surface area contributed by atoms with Crippen molar-refractivity contribution in [3.05, 3.63) is 62.9 Å². The van der Waals surface area contributed by atoms with Crippen LogP contribution in [0.4, 0.5) is 0 Å². The highest BCUT2D eigenvalue weighted by molar-refractivity contribution is 8.13. The molecule has 0 saturated heterocycles. The number of nitrogens with zero attached hydrogens (tertiary/aromatic N) is 2. The van der Waals surface area contributed by atoms with E-state index in [2.05, 4.69) is 24.0 Å². The van der Waals surface area contributed by atoms with E-state index in [0.717, 1.165) is 30.6 Å². The number of pyridine rings is 1. The van der Waals surface area contributed by atoms with Crippen LogP contribution in [0.5, 0.6) is 0 Å². The maximum atomic E-state index is 12.8. The predicted molar refractivity (Wildman–Crippen MR) is 117 cm³/mol. The molecular formula is C21H21Cl2N3OS. The molecule has 4 nitrogen and oxygen atoms in total. The largest absolute Gasteiger partial charge is 0.379 e. The first kappa shape index (κ1) is 19.7. The molecule has 2 heterocycles. The van der Waals surface area contributed by atoms with Gasteiger partial charge in [-0.25, -0.2) is 4.98 Å². The van der Waals surface area contributed by atoms with E-state index in [0.29, 0.717) is 16.1 Å². The summed E-state index contributed by atoms with van der Waals surface area (Å²) in [5, 5.41) is 1.34. The van der Waals surface area contributed by atoms with E-state index < -0.39 is 0 Å². The van der Waals surface area contributed by atoms with Crippen LogP contribution in [0.3, 0.4) is 0 Å². The minimum absolute atomic E-state index is 0.126. The van der Waals surface area contributed by atoms with Gasteiger partial charge in [0.15, 0.2) is 11.0 Å². The van der Waals surface area contributed by atoms with Gasteiger partial charge in [0.1, 0.15) is 5.69 Å². The molecule has 0 saturated carbocycles. The summed E-state index contributed by atoms with van der Waals surface area (Å²) in [7, 11) is 0. The number of carbonyl (C=O) groups is 1. The first-order valence-corrected chi connectivity index (χ1v) is 11.1. The molecular weight excluding hydrogens is 413 g/mol. The highest BCUT2D eigenvalue weighted by Crippen LogP contribution is 2.46. The number of carbonyl (C=O) groups excluding carboxylic acids is 1. The molecule has 0 unspecified atom stereocenters. The number of benzene rings is 1. The van der Waals surface area contributed by atoms with Crippen molar-refractivity contribution >= 4 is 45.9 Å². The van der Waals surface area contributed by atoms with Gasteiger partial charge >= 0.3 is 0 Å². The van der Waals surface area contributed by atoms with Crippen molar-refractivity contribution in [3.8, 4) is 0 Å². The summed E-state index contributed by atoms with van der Waals surface area (Å²) in [6.07, 6.45) is 4.98. The summed E-state index contributed by atoms with van der Waals surface area (Å²) < 4.78 is 0. The van der Waals surface area contributed by atoms with E-state index in [1.165, 1.54) is 17.3 Å². The summed E-state index contributed by atoms with van der Waals surface area (Å²) in [6.45, 7) is 2.18. The Bertz CT molecular complexity index is 978.